The van der Waals surface area contributed by atoms with E-state index in [1.165, 1.54) is 12.5 Å². The van der Waals surface area contributed by atoms with Crippen LogP contribution >= 0.6 is 0 Å². The number of hydrogen-bond acceptors (Lipinski definition) is 2. The highest BCUT2D eigenvalue weighted by Gasteiger charge is 2.25. The number of hydrogen-bond donors (Lipinski definition) is 1. The molecular weight excluding hydrogens is 241 g/mol. The predicted molar refractivity (Wildman–Crippen MR) is 75.6 cm³/mol. The molecule has 19 heavy (non-hydrogen) atoms. The highest BCUT2D eigenvalue weighted by molar-refractivity contribution is 5.30. The van der Waals surface area contributed by atoms with Crippen molar-refractivity contribution in [2.75, 3.05) is 0 Å². The van der Waals surface area contributed by atoms with Crippen LogP contribution in [0.5, 0.6) is 5.75 Å². The molecule has 2 N–H and O–H groups in total. The smallest absolute Gasteiger partial charge is 0.131 e. The van der Waals surface area contributed by atoms with Gasteiger partial charge in [-0.05, 0) is 44.1 Å². The Hall–Kier alpha value is -1.09. The number of rotatable bonds is 3. The van der Waals surface area contributed by atoms with Crippen molar-refractivity contribution in [3.63, 3.8) is 0 Å². The molecule has 1 fully saturated rings. The van der Waals surface area contributed by atoms with Crippen LogP contribution in [0.15, 0.2) is 18.2 Å². The normalized spacial score (nSPS) is 29.0. The molecule has 1 aromatic rings. The Balaban J connectivity index is 2.05. The zero-order valence-corrected chi connectivity index (χ0v) is 12.0. The topological polar surface area (TPSA) is 35.2 Å². The highest BCUT2D eigenvalue weighted by Crippen LogP contribution is 2.32. The summed E-state index contributed by atoms with van der Waals surface area (Å²) in [5, 5.41) is 0. The van der Waals surface area contributed by atoms with Gasteiger partial charge in [0.05, 0.1) is 6.10 Å². The Morgan fingerprint density at radius 3 is 2.37 bits per heavy atom. The molecule has 1 aliphatic carbocycles. The average molecular weight is 265 g/mol. The van der Waals surface area contributed by atoms with E-state index in [1.54, 1.807) is 13.0 Å². The first-order valence-corrected chi connectivity index (χ1v) is 7.17. The number of ether oxygens (including phenoxy) is 1. The van der Waals surface area contributed by atoms with Crippen molar-refractivity contribution in [1.29, 1.82) is 0 Å². The number of benzene rings is 1. The van der Waals surface area contributed by atoms with Gasteiger partial charge in [-0.3, -0.25) is 0 Å². The van der Waals surface area contributed by atoms with Crippen LogP contribution in [0.2, 0.25) is 0 Å². The zero-order valence-electron chi connectivity index (χ0n) is 12.0. The molecule has 2 unspecified atom stereocenters. The first kappa shape index (κ1) is 14.3. The summed E-state index contributed by atoms with van der Waals surface area (Å²) in [6.07, 6.45) is 3.58. The number of halogens is 1. The van der Waals surface area contributed by atoms with Crippen molar-refractivity contribution in [3.8, 4) is 5.75 Å². The molecule has 2 nitrogen and oxygen atoms in total. The third kappa shape index (κ3) is 3.69. The molecule has 1 saturated carbocycles. The lowest BCUT2D eigenvalue weighted by Crippen LogP contribution is -2.28. The van der Waals surface area contributed by atoms with Gasteiger partial charge in [0.2, 0.25) is 0 Å². The largest absolute Gasteiger partial charge is 0.490 e. The summed E-state index contributed by atoms with van der Waals surface area (Å²) in [4.78, 5) is 0. The van der Waals surface area contributed by atoms with Crippen LogP contribution in [0, 0.1) is 17.7 Å². The Morgan fingerprint density at radius 1 is 1.21 bits per heavy atom. The molecule has 3 heteroatoms. The molecule has 2 rings (SSSR count). The molecule has 1 aliphatic rings. The summed E-state index contributed by atoms with van der Waals surface area (Å²) in [6, 6.07) is 4.73. The Bertz CT molecular complexity index is 423. The van der Waals surface area contributed by atoms with Crippen LogP contribution in [0.3, 0.4) is 0 Å². The van der Waals surface area contributed by atoms with Crippen molar-refractivity contribution in [2.24, 2.45) is 17.6 Å². The molecule has 3 atom stereocenters. The van der Waals surface area contributed by atoms with Crippen molar-refractivity contribution >= 4 is 0 Å². The van der Waals surface area contributed by atoms with Crippen LogP contribution in [0.4, 0.5) is 4.39 Å². The zero-order chi connectivity index (χ0) is 14.0. The van der Waals surface area contributed by atoms with Gasteiger partial charge in [0.1, 0.15) is 11.6 Å². The SMILES string of the molecule is CC1CC(C)CC(Oc2ccc([C@H](C)N)c(F)c2)C1. The van der Waals surface area contributed by atoms with Crippen molar-refractivity contribution in [2.45, 2.75) is 52.2 Å². The molecule has 0 aliphatic heterocycles. The lowest BCUT2D eigenvalue weighted by Gasteiger charge is -2.31. The van der Waals surface area contributed by atoms with Crippen LogP contribution < -0.4 is 10.5 Å². The van der Waals surface area contributed by atoms with Gasteiger partial charge in [-0.2, -0.15) is 0 Å². The van der Waals surface area contributed by atoms with Crippen LogP contribution in [-0.4, -0.2) is 6.10 Å². The summed E-state index contributed by atoms with van der Waals surface area (Å²) in [5.41, 5.74) is 6.24. The van der Waals surface area contributed by atoms with Crippen molar-refractivity contribution < 1.29 is 9.13 Å². The van der Waals surface area contributed by atoms with Crippen LogP contribution in [-0.2, 0) is 0 Å². The fraction of sp³-hybridized carbons (Fsp3) is 0.625. The van der Waals surface area contributed by atoms with Crippen LogP contribution in [0.25, 0.3) is 0 Å². The molecule has 0 amide bonds. The van der Waals surface area contributed by atoms with E-state index in [0.717, 1.165) is 12.8 Å². The van der Waals surface area contributed by atoms with E-state index < -0.39 is 0 Å². The quantitative estimate of drug-likeness (QED) is 0.895. The molecule has 0 aromatic heterocycles. The van der Waals surface area contributed by atoms with Gasteiger partial charge in [-0.1, -0.05) is 19.9 Å². The van der Waals surface area contributed by atoms with E-state index in [2.05, 4.69) is 13.8 Å². The fourth-order valence-electron chi connectivity index (χ4n) is 3.11. The van der Waals surface area contributed by atoms with E-state index in [1.807, 2.05) is 6.07 Å². The standard InChI is InChI=1S/C16H24FNO/c1-10-6-11(2)8-14(7-10)19-13-4-5-15(12(3)18)16(17)9-13/h4-5,9-12,14H,6-8,18H2,1-3H3/t10?,11?,12-,14?/m0/s1. The lowest BCUT2D eigenvalue weighted by molar-refractivity contribution is 0.101. The summed E-state index contributed by atoms with van der Waals surface area (Å²) in [7, 11) is 0. The molecule has 0 spiro atoms. The Kier molecular flexibility index (Phi) is 4.46. The van der Waals surface area contributed by atoms with Crippen molar-refractivity contribution in [3.05, 3.63) is 29.6 Å². The maximum Gasteiger partial charge on any atom is 0.131 e. The third-order valence-electron chi connectivity index (χ3n) is 3.90. The highest BCUT2D eigenvalue weighted by atomic mass is 19.1. The van der Waals surface area contributed by atoms with E-state index in [-0.39, 0.29) is 18.0 Å². The molecule has 1 aromatic carbocycles. The van der Waals surface area contributed by atoms with Gasteiger partial charge >= 0.3 is 0 Å². The van der Waals surface area contributed by atoms with Gasteiger partial charge in [0.15, 0.2) is 0 Å². The minimum Gasteiger partial charge on any atom is -0.490 e. The maximum absolute atomic E-state index is 13.8. The lowest BCUT2D eigenvalue weighted by atomic mass is 9.82. The van der Waals surface area contributed by atoms with Crippen molar-refractivity contribution in [1.82, 2.24) is 0 Å². The summed E-state index contributed by atoms with van der Waals surface area (Å²) in [5.74, 6) is 1.71. The summed E-state index contributed by atoms with van der Waals surface area (Å²) in [6.45, 7) is 6.29. The van der Waals surface area contributed by atoms with E-state index in [9.17, 15) is 4.39 Å². The first-order chi connectivity index (χ1) is 8.95. The molecule has 0 saturated heterocycles. The minimum atomic E-state index is -0.288. The summed E-state index contributed by atoms with van der Waals surface area (Å²) < 4.78 is 19.8. The van der Waals surface area contributed by atoms with Gasteiger partial charge < -0.3 is 10.5 Å². The van der Waals surface area contributed by atoms with Gasteiger partial charge in [-0.15, -0.1) is 0 Å². The average Bonchev–Trinajstić information content (AvgIpc) is 2.26. The first-order valence-electron chi connectivity index (χ1n) is 7.17. The minimum absolute atomic E-state index is 0.208. The molecule has 0 heterocycles. The maximum atomic E-state index is 13.8. The second-order valence-electron chi connectivity index (χ2n) is 6.13. The van der Waals surface area contributed by atoms with Crippen LogP contribution in [0.1, 0.15) is 51.6 Å². The van der Waals surface area contributed by atoms with E-state index in [4.69, 9.17) is 10.5 Å². The molecule has 0 radical (unpaired) electrons. The summed E-state index contributed by atoms with van der Waals surface area (Å²) >= 11 is 0. The Labute approximate surface area is 115 Å². The second kappa shape index (κ2) is 5.91. The van der Waals surface area contributed by atoms with Gasteiger partial charge in [0, 0.05) is 17.7 Å². The predicted octanol–water partition coefficient (Wildman–Crippen LogP) is 4.05. The molecule has 0 bridgehead atoms. The molecule has 106 valence electrons. The van der Waals surface area contributed by atoms with Gasteiger partial charge in [0.25, 0.3) is 0 Å². The van der Waals surface area contributed by atoms with Gasteiger partial charge in [-0.25, -0.2) is 4.39 Å². The van der Waals surface area contributed by atoms with E-state index >= 15 is 0 Å². The van der Waals surface area contributed by atoms with E-state index in [0.29, 0.717) is 23.1 Å². The second-order valence-corrected chi connectivity index (χ2v) is 6.13. The monoisotopic (exact) mass is 265 g/mol. The Morgan fingerprint density at radius 2 is 1.84 bits per heavy atom. The third-order valence-corrected chi connectivity index (χ3v) is 3.90. The molecular formula is C16H24FNO. The fourth-order valence-corrected chi connectivity index (χ4v) is 3.11. The number of nitrogens with two attached hydrogens (primary N) is 1.